The second-order valence-corrected chi connectivity index (χ2v) is 6.81. The van der Waals surface area contributed by atoms with Crippen LogP contribution in [0, 0.1) is 11.8 Å². The van der Waals surface area contributed by atoms with Gasteiger partial charge in [0, 0.05) is 6.04 Å². The molecule has 1 N–H and O–H groups in total. The molecule has 1 heteroatoms. The van der Waals surface area contributed by atoms with Gasteiger partial charge in [-0.3, -0.25) is 0 Å². The first kappa shape index (κ1) is 14.4. The number of rotatable bonds is 4. The summed E-state index contributed by atoms with van der Waals surface area (Å²) in [5, 5.41) is 3.88. The van der Waals surface area contributed by atoms with Gasteiger partial charge in [0.1, 0.15) is 0 Å². The van der Waals surface area contributed by atoms with Crippen LogP contribution in [0.25, 0.3) is 0 Å². The molecule has 18 heavy (non-hydrogen) atoms. The summed E-state index contributed by atoms with van der Waals surface area (Å²) >= 11 is 0. The Kier molecular flexibility index (Phi) is 6.54. The van der Waals surface area contributed by atoms with Crippen molar-refractivity contribution in [1.29, 1.82) is 0 Å². The van der Waals surface area contributed by atoms with Crippen molar-refractivity contribution < 1.29 is 0 Å². The lowest BCUT2D eigenvalue weighted by molar-refractivity contribution is 0.309. The summed E-state index contributed by atoms with van der Waals surface area (Å²) in [7, 11) is 0. The number of hydrogen-bond acceptors (Lipinski definition) is 1. The van der Waals surface area contributed by atoms with E-state index in [1.807, 2.05) is 0 Å². The van der Waals surface area contributed by atoms with E-state index >= 15 is 0 Å². The highest BCUT2D eigenvalue weighted by Crippen LogP contribution is 2.26. The fourth-order valence-corrected chi connectivity index (χ4v) is 3.90. The van der Waals surface area contributed by atoms with Crippen LogP contribution in [-0.2, 0) is 0 Å². The van der Waals surface area contributed by atoms with Crippen LogP contribution in [0.1, 0.15) is 84.0 Å². The fourth-order valence-electron chi connectivity index (χ4n) is 3.90. The predicted octanol–water partition coefficient (Wildman–Crippen LogP) is 4.91. The summed E-state index contributed by atoms with van der Waals surface area (Å²) in [6.45, 7) is 3.73. The van der Waals surface area contributed by atoms with Crippen molar-refractivity contribution in [3.05, 3.63) is 0 Å². The maximum absolute atomic E-state index is 3.88. The molecular weight excluding hydrogens is 218 g/mol. The Morgan fingerprint density at radius 1 is 0.778 bits per heavy atom. The number of nitrogens with one attached hydrogen (secondary N) is 1. The molecule has 0 radical (unpaired) electrons. The van der Waals surface area contributed by atoms with E-state index in [0.29, 0.717) is 0 Å². The Hall–Kier alpha value is -0.0400. The largest absolute Gasteiger partial charge is 0.314 e. The van der Waals surface area contributed by atoms with Gasteiger partial charge in [-0.2, -0.15) is 0 Å². The normalized spacial score (nSPS) is 26.5. The van der Waals surface area contributed by atoms with Gasteiger partial charge in [-0.25, -0.2) is 0 Å². The summed E-state index contributed by atoms with van der Waals surface area (Å²) in [5.74, 6) is 1.93. The molecule has 2 aliphatic carbocycles. The first-order chi connectivity index (χ1) is 8.86. The van der Waals surface area contributed by atoms with Crippen LogP contribution in [0.4, 0.5) is 0 Å². The van der Waals surface area contributed by atoms with Gasteiger partial charge >= 0.3 is 0 Å². The highest BCUT2D eigenvalue weighted by molar-refractivity contribution is 4.77. The average Bonchev–Trinajstić information content (AvgIpc) is 2.80. The van der Waals surface area contributed by atoms with E-state index in [0.717, 1.165) is 17.9 Å². The molecular formula is C17H33N. The third-order valence-corrected chi connectivity index (χ3v) is 5.31. The van der Waals surface area contributed by atoms with Gasteiger partial charge in [0.15, 0.2) is 0 Å². The van der Waals surface area contributed by atoms with Crippen LogP contribution in [0.5, 0.6) is 0 Å². The minimum Gasteiger partial charge on any atom is -0.314 e. The van der Waals surface area contributed by atoms with E-state index in [1.165, 1.54) is 83.6 Å². The lowest BCUT2D eigenvalue weighted by atomic mass is 9.92. The summed E-state index contributed by atoms with van der Waals surface area (Å²) in [5.41, 5.74) is 0. The van der Waals surface area contributed by atoms with Crippen LogP contribution in [0.3, 0.4) is 0 Å². The third-order valence-electron chi connectivity index (χ3n) is 5.31. The quantitative estimate of drug-likeness (QED) is 0.700. The molecule has 0 heterocycles. The Bertz CT molecular complexity index is 198. The smallest absolute Gasteiger partial charge is 0.00671 e. The fraction of sp³-hybridized carbons (Fsp3) is 1.00. The molecule has 2 rings (SSSR count). The molecule has 0 saturated heterocycles. The number of hydrogen-bond donors (Lipinski definition) is 1. The molecule has 2 aliphatic rings. The van der Waals surface area contributed by atoms with Gasteiger partial charge in [-0.1, -0.05) is 51.4 Å². The van der Waals surface area contributed by atoms with Crippen molar-refractivity contribution >= 4 is 0 Å². The highest BCUT2D eigenvalue weighted by Gasteiger charge is 2.20. The van der Waals surface area contributed by atoms with Gasteiger partial charge in [-0.15, -0.1) is 0 Å². The van der Waals surface area contributed by atoms with E-state index in [4.69, 9.17) is 0 Å². The summed E-state index contributed by atoms with van der Waals surface area (Å²) in [4.78, 5) is 0. The molecule has 106 valence electrons. The second kappa shape index (κ2) is 8.19. The van der Waals surface area contributed by atoms with Gasteiger partial charge in [0.2, 0.25) is 0 Å². The molecule has 0 unspecified atom stereocenters. The van der Waals surface area contributed by atoms with Crippen LogP contribution in [0.2, 0.25) is 0 Å². The van der Waals surface area contributed by atoms with Gasteiger partial charge in [0.05, 0.1) is 0 Å². The van der Waals surface area contributed by atoms with Gasteiger partial charge in [0.25, 0.3) is 0 Å². The van der Waals surface area contributed by atoms with Crippen molar-refractivity contribution in [2.45, 2.75) is 90.0 Å². The molecule has 2 fully saturated rings. The van der Waals surface area contributed by atoms with Crippen LogP contribution < -0.4 is 5.32 Å². The standard InChI is InChI=1S/C17H33N/c1-15(17-12-8-4-5-9-13-17)18-14-16-10-6-2-3-7-11-16/h15-18H,2-14H2,1H3/t15-/m0/s1. The highest BCUT2D eigenvalue weighted by atomic mass is 14.9. The SMILES string of the molecule is C[C@H](NCC1CCCCCC1)C1CCCCCC1. The van der Waals surface area contributed by atoms with Crippen molar-refractivity contribution in [3.8, 4) is 0 Å². The second-order valence-electron chi connectivity index (χ2n) is 6.81. The van der Waals surface area contributed by atoms with Crippen molar-refractivity contribution in [2.75, 3.05) is 6.54 Å². The lowest BCUT2D eigenvalue weighted by Gasteiger charge is -2.26. The maximum atomic E-state index is 3.88. The van der Waals surface area contributed by atoms with Crippen LogP contribution >= 0.6 is 0 Å². The molecule has 2 saturated carbocycles. The summed E-state index contributed by atoms with van der Waals surface area (Å²) in [6.07, 6.45) is 17.7. The van der Waals surface area contributed by atoms with E-state index in [2.05, 4.69) is 12.2 Å². The molecule has 0 aromatic carbocycles. The zero-order chi connectivity index (χ0) is 12.6. The topological polar surface area (TPSA) is 12.0 Å². The summed E-state index contributed by atoms with van der Waals surface area (Å²) in [6, 6.07) is 0.756. The first-order valence-electron chi connectivity index (χ1n) is 8.59. The zero-order valence-electron chi connectivity index (χ0n) is 12.4. The molecule has 0 aliphatic heterocycles. The molecule has 0 amide bonds. The molecule has 1 atom stereocenters. The molecule has 0 aromatic rings. The predicted molar refractivity (Wildman–Crippen MR) is 79.8 cm³/mol. The molecule has 1 nitrogen and oxygen atoms in total. The van der Waals surface area contributed by atoms with Crippen molar-refractivity contribution in [2.24, 2.45) is 11.8 Å². The van der Waals surface area contributed by atoms with E-state index < -0.39 is 0 Å². The Morgan fingerprint density at radius 3 is 1.83 bits per heavy atom. The first-order valence-corrected chi connectivity index (χ1v) is 8.59. The Labute approximate surface area is 114 Å². The van der Waals surface area contributed by atoms with E-state index in [1.54, 1.807) is 0 Å². The van der Waals surface area contributed by atoms with E-state index in [-0.39, 0.29) is 0 Å². The average molecular weight is 251 g/mol. The molecule has 0 bridgehead atoms. The van der Waals surface area contributed by atoms with Crippen LogP contribution in [-0.4, -0.2) is 12.6 Å². The molecule has 0 spiro atoms. The third kappa shape index (κ3) is 4.91. The minimum atomic E-state index is 0.756. The lowest BCUT2D eigenvalue weighted by Crippen LogP contribution is -2.36. The van der Waals surface area contributed by atoms with E-state index in [9.17, 15) is 0 Å². The van der Waals surface area contributed by atoms with Gasteiger partial charge in [-0.05, 0) is 51.0 Å². The molecule has 0 aromatic heterocycles. The Balaban J connectivity index is 1.67. The van der Waals surface area contributed by atoms with Crippen molar-refractivity contribution in [1.82, 2.24) is 5.32 Å². The maximum Gasteiger partial charge on any atom is 0.00671 e. The van der Waals surface area contributed by atoms with Gasteiger partial charge < -0.3 is 5.32 Å². The van der Waals surface area contributed by atoms with Crippen molar-refractivity contribution in [3.63, 3.8) is 0 Å². The minimum absolute atomic E-state index is 0.756. The van der Waals surface area contributed by atoms with Crippen LogP contribution in [0.15, 0.2) is 0 Å². The summed E-state index contributed by atoms with van der Waals surface area (Å²) < 4.78 is 0. The Morgan fingerprint density at radius 2 is 1.28 bits per heavy atom. The zero-order valence-corrected chi connectivity index (χ0v) is 12.4. The monoisotopic (exact) mass is 251 g/mol.